The van der Waals surface area contributed by atoms with Crippen molar-refractivity contribution in [2.45, 2.75) is 51.4 Å². The van der Waals surface area contributed by atoms with Crippen LogP contribution in [0.5, 0.6) is 11.5 Å². The maximum atomic E-state index is 12.5. The van der Waals surface area contributed by atoms with Gasteiger partial charge in [0.15, 0.2) is 11.5 Å². The fourth-order valence-electron chi connectivity index (χ4n) is 4.04. The Morgan fingerprint density at radius 3 is 2.73 bits per heavy atom. The van der Waals surface area contributed by atoms with Crippen molar-refractivity contribution < 1.29 is 14.3 Å². The van der Waals surface area contributed by atoms with Gasteiger partial charge in [-0.2, -0.15) is 4.80 Å². The van der Waals surface area contributed by atoms with Crippen molar-refractivity contribution in [1.82, 2.24) is 20.2 Å². The van der Waals surface area contributed by atoms with Crippen LogP contribution in [0.15, 0.2) is 42.5 Å². The maximum Gasteiger partial charge on any atom is 0.251 e. The van der Waals surface area contributed by atoms with E-state index in [4.69, 9.17) is 9.47 Å². The van der Waals surface area contributed by atoms with Crippen LogP contribution in [-0.4, -0.2) is 31.9 Å². The van der Waals surface area contributed by atoms with Crippen molar-refractivity contribution in [2.75, 3.05) is 5.32 Å². The first kappa shape index (κ1) is 18.6. The molecule has 1 saturated carbocycles. The Morgan fingerprint density at radius 1 is 1.10 bits per heavy atom. The van der Waals surface area contributed by atoms with E-state index >= 15 is 0 Å². The van der Waals surface area contributed by atoms with E-state index in [1.54, 1.807) is 0 Å². The highest BCUT2D eigenvalue weighted by atomic mass is 16.7. The van der Waals surface area contributed by atoms with Crippen molar-refractivity contribution in [2.24, 2.45) is 0 Å². The Bertz CT molecular complexity index is 1090. The average molecular weight is 405 g/mol. The zero-order valence-electron chi connectivity index (χ0n) is 16.8. The molecule has 1 aliphatic heterocycles. The van der Waals surface area contributed by atoms with E-state index in [2.05, 4.69) is 20.7 Å². The number of carbonyl (C=O) groups is 1. The maximum absolute atomic E-state index is 12.5. The van der Waals surface area contributed by atoms with Crippen LogP contribution in [-0.2, 0) is 11.3 Å². The van der Waals surface area contributed by atoms with Crippen LogP contribution in [0.3, 0.4) is 0 Å². The molecule has 2 aliphatic rings. The molecule has 0 atom stereocenters. The Labute approximate surface area is 174 Å². The molecule has 1 N–H and O–H groups in total. The second-order valence-corrected chi connectivity index (χ2v) is 7.84. The minimum absolute atomic E-state index is 0.0305. The number of fused-ring (bicyclic) bond motifs is 1. The van der Waals surface area contributed by atoms with Gasteiger partial charge in [-0.15, -0.1) is 10.2 Å². The number of carbonyl (C=O) groups excluding carboxylic acids is 1. The van der Waals surface area contributed by atoms with E-state index in [9.17, 15) is 4.79 Å². The summed E-state index contributed by atoms with van der Waals surface area (Å²) in [6.45, 7) is 1.96. The van der Waals surface area contributed by atoms with Crippen LogP contribution in [0.25, 0.3) is 11.4 Å². The summed E-state index contributed by atoms with van der Waals surface area (Å²) in [5, 5.41) is 15.3. The second-order valence-electron chi connectivity index (χ2n) is 7.84. The highest BCUT2D eigenvalue weighted by Gasteiger charge is 2.42. The van der Waals surface area contributed by atoms with Gasteiger partial charge in [0, 0.05) is 30.2 Å². The van der Waals surface area contributed by atoms with E-state index in [1.165, 1.54) is 11.2 Å². The number of aromatic nitrogens is 4. The van der Waals surface area contributed by atoms with E-state index in [-0.39, 0.29) is 12.5 Å². The van der Waals surface area contributed by atoms with Gasteiger partial charge < -0.3 is 14.8 Å². The molecule has 2 aromatic carbocycles. The molecule has 154 valence electrons. The van der Waals surface area contributed by atoms with E-state index in [1.807, 2.05) is 49.4 Å². The number of hydrogen-bond donors (Lipinski definition) is 1. The van der Waals surface area contributed by atoms with Crippen molar-refractivity contribution in [3.8, 4) is 22.9 Å². The topological polar surface area (TPSA) is 91.2 Å². The molecule has 0 saturated heterocycles. The number of ether oxygens (including phenoxy) is 2. The van der Waals surface area contributed by atoms with Gasteiger partial charge in [0.05, 0.1) is 0 Å². The number of benzene rings is 2. The average Bonchev–Trinajstić information content (AvgIpc) is 3.32. The summed E-state index contributed by atoms with van der Waals surface area (Å²) in [6.07, 6.45) is 5.21. The third-order valence-corrected chi connectivity index (χ3v) is 5.56. The Hall–Kier alpha value is -3.42. The molecule has 1 aromatic heterocycles. The Morgan fingerprint density at radius 2 is 1.90 bits per heavy atom. The highest BCUT2D eigenvalue weighted by Crippen LogP contribution is 2.46. The van der Waals surface area contributed by atoms with E-state index in [0.29, 0.717) is 17.3 Å². The summed E-state index contributed by atoms with van der Waals surface area (Å²) in [7, 11) is 0. The minimum atomic E-state index is -0.528. The number of tetrazole rings is 1. The lowest BCUT2D eigenvalue weighted by Crippen LogP contribution is -2.40. The van der Waals surface area contributed by atoms with Crippen molar-refractivity contribution in [3.63, 3.8) is 0 Å². The lowest BCUT2D eigenvalue weighted by atomic mass is 9.94. The molecule has 8 heteroatoms. The molecule has 1 spiro atoms. The van der Waals surface area contributed by atoms with Crippen LogP contribution < -0.4 is 14.8 Å². The summed E-state index contributed by atoms with van der Waals surface area (Å²) in [6, 6.07) is 13.3. The molecule has 30 heavy (non-hydrogen) atoms. The number of anilines is 1. The van der Waals surface area contributed by atoms with Crippen LogP contribution in [0.4, 0.5) is 5.69 Å². The first-order valence-corrected chi connectivity index (χ1v) is 10.3. The van der Waals surface area contributed by atoms with E-state index in [0.717, 1.165) is 42.6 Å². The number of nitrogens with one attached hydrogen (secondary N) is 1. The highest BCUT2D eigenvalue weighted by molar-refractivity contribution is 5.90. The van der Waals surface area contributed by atoms with Gasteiger partial charge in [0.1, 0.15) is 6.54 Å². The van der Waals surface area contributed by atoms with Gasteiger partial charge in [-0.05, 0) is 42.7 Å². The van der Waals surface area contributed by atoms with E-state index < -0.39 is 5.79 Å². The van der Waals surface area contributed by atoms with Gasteiger partial charge in [-0.1, -0.05) is 30.7 Å². The van der Waals surface area contributed by atoms with Crippen molar-refractivity contribution in [3.05, 3.63) is 48.0 Å². The fraction of sp³-hybridized carbons (Fsp3) is 0.364. The standard InChI is InChI=1S/C22H23N5O3/c1-15-7-3-4-8-17(15)21-24-26-27(25-21)14-20(28)23-16-9-10-18-19(13-16)30-22(29-18)11-5-2-6-12-22/h3-4,7-10,13H,2,5-6,11-12,14H2,1H3,(H,23,28). The van der Waals surface area contributed by atoms with Gasteiger partial charge in [-0.25, -0.2) is 0 Å². The smallest absolute Gasteiger partial charge is 0.251 e. The molecule has 0 unspecified atom stereocenters. The summed E-state index contributed by atoms with van der Waals surface area (Å²) in [5.41, 5.74) is 2.60. The molecule has 1 fully saturated rings. The second kappa shape index (κ2) is 7.44. The zero-order chi connectivity index (χ0) is 20.6. The first-order valence-electron chi connectivity index (χ1n) is 10.3. The quantitative estimate of drug-likeness (QED) is 0.711. The molecular weight excluding hydrogens is 382 g/mol. The first-order chi connectivity index (χ1) is 14.6. The largest absolute Gasteiger partial charge is 0.448 e. The van der Waals surface area contributed by atoms with Crippen LogP contribution in [0, 0.1) is 6.92 Å². The fourth-order valence-corrected chi connectivity index (χ4v) is 4.04. The third-order valence-electron chi connectivity index (χ3n) is 5.56. The van der Waals surface area contributed by atoms with Gasteiger partial charge in [0.25, 0.3) is 5.79 Å². The molecule has 3 aromatic rings. The van der Waals surface area contributed by atoms with Gasteiger partial charge >= 0.3 is 0 Å². The van der Waals surface area contributed by atoms with Crippen molar-refractivity contribution >= 4 is 11.6 Å². The number of nitrogens with zero attached hydrogens (tertiary/aromatic N) is 4. The molecule has 2 heterocycles. The molecule has 0 bridgehead atoms. The molecular formula is C22H23N5O3. The Kier molecular flexibility index (Phi) is 4.61. The number of aryl methyl sites for hydroxylation is 1. The van der Waals surface area contributed by atoms with Gasteiger partial charge in [0.2, 0.25) is 11.7 Å². The van der Waals surface area contributed by atoms with Crippen LogP contribution in [0.2, 0.25) is 0 Å². The Balaban J connectivity index is 1.24. The molecule has 0 radical (unpaired) electrons. The van der Waals surface area contributed by atoms with Crippen LogP contribution in [0.1, 0.15) is 37.7 Å². The van der Waals surface area contributed by atoms with Gasteiger partial charge in [-0.3, -0.25) is 4.79 Å². The molecule has 8 nitrogen and oxygen atoms in total. The minimum Gasteiger partial charge on any atom is -0.448 e. The lowest BCUT2D eigenvalue weighted by Gasteiger charge is -2.31. The van der Waals surface area contributed by atoms with Crippen LogP contribution >= 0.6 is 0 Å². The summed E-state index contributed by atoms with van der Waals surface area (Å²) < 4.78 is 12.2. The van der Waals surface area contributed by atoms with Crippen molar-refractivity contribution in [1.29, 1.82) is 0 Å². The monoisotopic (exact) mass is 405 g/mol. The number of hydrogen-bond acceptors (Lipinski definition) is 6. The molecule has 1 aliphatic carbocycles. The number of rotatable bonds is 4. The zero-order valence-corrected chi connectivity index (χ0v) is 16.8. The third kappa shape index (κ3) is 3.60. The SMILES string of the molecule is Cc1ccccc1-c1nnn(CC(=O)Nc2ccc3c(c2)OC2(CCCCC2)O3)n1. The number of amides is 1. The molecule has 1 amide bonds. The summed E-state index contributed by atoms with van der Waals surface area (Å²) in [4.78, 5) is 13.8. The summed E-state index contributed by atoms with van der Waals surface area (Å²) >= 11 is 0. The normalized spacial score (nSPS) is 16.6. The molecule has 5 rings (SSSR count). The summed E-state index contributed by atoms with van der Waals surface area (Å²) in [5.74, 6) is 1.14. The predicted molar refractivity (Wildman–Crippen MR) is 110 cm³/mol. The predicted octanol–water partition coefficient (Wildman–Crippen LogP) is 3.72. The lowest BCUT2D eigenvalue weighted by molar-refractivity contribution is -0.117.